The number of imidazole rings is 1. The smallest absolute Gasteiger partial charge is 0.347 e. The molecule has 6 nitrogen and oxygen atoms in total. The predicted molar refractivity (Wildman–Crippen MR) is 73.6 cm³/mol. The van der Waals surface area contributed by atoms with Gasteiger partial charge in [0.2, 0.25) is 5.95 Å². The first-order chi connectivity index (χ1) is 10.4. The highest BCUT2D eigenvalue weighted by Gasteiger charge is 2.28. The maximum absolute atomic E-state index is 12.2. The van der Waals surface area contributed by atoms with Crippen LogP contribution in [0.3, 0.4) is 0 Å². The fraction of sp³-hybridized carbons (Fsp3) is 0.250. The maximum atomic E-state index is 12.2. The normalized spacial score (nSPS) is 12.0. The monoisotopic (exact) mass is 330 g/mol. The van der Waals surface area contributed by atoms with Gasteiger partial charge in [-0.25, -0.2) is 14.6 Å². The lowest BCUT2D eigenvalue weighted by atomic mass is 10.4. The van der Waals surface area contributed by atoms with Crippen LogP contribution in [0.4, 0.5) is 19.1 Å². The number of hydrogen-bond acceptors (Lipinski definition) is 4. The number of alkyl halides is 3. The molecule has 3 heterocycles. The number of fused-ring (bicyclic) bond motifs is 1. The minimum atomic E-state index is -4.33. The van der Waals surface area contributed by atoms with E-state index in [1.54, 1.807) is 28.9 Å². The van der Waals surface area contributed by atoms with E-state index in [0.29, 0.717) is 11.6 Å². The molecule has 0 aliphatic rings. The van der Waals surface area contributed by atoms with Gasteiger partial charge in [0.05, 0.1) is 23.5 Å². The number of hydrogen-bond donors (Lipinski definition) is 1. The summed E-state index contributed by atoms with van der Waals surface area (Å²) in [6.45, 7) is -0.871. The molecule has 3 aromatic heterocycles. The Bertz CT molecular complexity index is 794. The minimum Gasteiger partial charge on any atom is -0.347 e. The number of anilines is 1. The second kappa shape index (κ2) is 5.48. The molecule has 0 aliphatic carbocycles. The predicted octanol–water partition coefficient (Wildman–Crippen LogP) is 2.75. The average Bonchev–Trinajstić information content (AvgIpc) is 3.01. The Balaban J connectivity index is 1.70. The molecule has 0 unspecified atom stereocenters. The Morgan fingerprint density at radius 3 is 2.82 bits per heavy atom. The lowest BCUT2D eigenvalue weighted by Crippen LogP contribution is -2.18. The van der Waals surface area contributed by atoms with Gasteiger partial charge in [0.1, 0.15) is 18.5 Å². The summed E-state index contributed by atoms with van der Waals surface area (Å²) in [5, 5.41) is 7.12. The molecule has 0 spiro atoms. The van der Waals surface area contributed by atoms with E-state index in [4.69, 9.17) is 11.6 Å². The molecule has 0 saturated heterocycles. The fourth-order valence-corrected chi connectivity index (χ4v) is 2.10. The van der Waals surface area contributed by atoms with Crippen LogP contribution in [-0.4, -0.2) is 30.3 Å². The van der Waals surface area contributed by atoms with Crippen molar-refractivity contribution < 1.29 is 13.2 Å². The number of rotatable bonds is 4. The highest BCUT2D eigenvalue weighted by molar-refractivity contribution is 6.30. The van der Waals surface area contributed by atoms with Gasteiger partial charge in [-0.05, 0) is 12.1 Å². The Labute approximate surface area is 127 Å². The van der Waals surface area contributed by atoms with Crippen molar-refractivity contribution in [3.05, 3.63) is 41.6 Å². The van der Waals surface area contributed by atoms with E-state index >= 15 is 0 Å². The van der Waals surface area contributed by atoms with Crippen molar-refractivity contribution in [3.63, 3.8) is 0 Å². The Hall–Kier alpha value is -2.29. The first-order valence-electron chi connectivity index (χ1n) is 6.22. The highest BCUT2D eigenvalue weighted by atomic mass is 35.5. The highest BCUT2D eigenvalue weighted by Crippen LogP contribution is 2.17. The number of nitrogens with zero attached hydrogens (tertiary/aromatic N) is 5. The van der Waals surface area contributed by atoms with Crippen LogP contribution < -0.4 is 5.32 Å². The summed E-state index contributed by atoms with van der Waals surface area (Å²) in [7, 11) is 0. The third-order valence-corrected chi connectivity index (χ3v) is 3.08. The summed E-state index contributed by atoms with van der Waals surface area (Å²) in [6.07, 6.45) is 0.0481. The van der Waals surface area contributed by atoms with Gasteiger partial charge in [0, 0.05) is 6.20 Å². The quantitative estimate of drug-likeness (QED) is 0.799. The van der Waals surface area contributed by atoms with E-state index in [1.807, 2.05) is 0 Å². The molecular formula is C12H10ClF3N6. The van der Waals surface area contributed by atoms with Crippen LogP contribution >= 0.6 is 11.6 Å². The van der Waals surface area contributed by atoms with Gasteiger partial charge in [-0.3, -0.25) is 0 Å². The Morgan fingerprint density at radius 2 is 2.05 bits per heavy atom. The fourth-order valence-electron chi connectivity index (χ4n) is 1.94. The zero-order valence-electron chi connectivity index (χ0n) is 11.0. The van der Waals surface area contributed by atoms with E-state index in [9.17, 15) is 13.2 Å². The number of nitrogens with one attached hydrogen (secondary N) is 1. The lowest BCUT2D eigenvalue weighted by molar-refractivity contribution is -0.142. The molecule has 0 saturated carbocycles. The van der Waals surface area contributed by atoms with Crippen LogP contribution in [0, 0.1) is 0 Å². The van der Waals surface area contributed by atoms with E-state index in [0.717, 1.165) is 22.4 Å². The van der Waals surface area contributed by atoms with Crippen molar-refractivity contribution in [2.24, 2.45) is 0 Å². The second-order valence-electron chi connectivity index (χ2n) is 4.56. The summed E-state index contributed by atoms with van der Waals surface area (Å²) in [5.74, 6) is 0.112. The van der Waals surface area contributed by atoms with Gasteiger partial charge in [-0.1, -0.05) is 11.6 Å². The Kier molecular flexibility index (Phi) is 3.65. The van der Waals surface area contributed by atoms with E-state index in [2.05, 4.69) is 20.4 Å². The van der Waals surface area contributed by atoms with E-state index in [-0.39, 0.29) is 5.95 Å². The van der Waals surface area contributed by atoms with Crippen molar-refractivity contribution >= 4 is 23.2 Å². The standard InChI is InChI=1S/C12H10ClF3N6/c13-8-1-2-10-17-3-9(22(10)5-8)4-18-11-19-7-21(20-11)6-12(14,15)16/h1-3,5,7H,4,6H2,(H,18,20). The van der Waals surface area contributed by atoms with Gasteiger partial charge < -0.3 is 9.72 Å². The van der Waals surface area contributed by atoms with Crippen LogP contribution in [0.5, 0.6) is 0 Å². The molecule has 1 N–H and O–H groups in total. The van der Waals surface area contributed by atoms with Gasteiger partial charge in [0.25, 0.3) is 0 Å². The van der Waals surface area contributed by atoms with Crippen molar-refractivity contribution in [1.29, 1.82) is 0 Å². The summed E-state index contributed by atoms with van der Waals surface area (Å²) in [5.41, 5.74) is 1.50. The third-order valence-electron chi connectivity index (χ3n) is 2.85. The van der Waals surface area contributed by atoms with Crippen LogP contribution in [-0.2, 0) is 13.1 Å². The van der Waals surface area contributed by atoms with Crippen molar-refractivity contribution in [2.45, 2.75) is 19.3 Å². The lowest BCUT2D eigenvalue weighted by Gasteiger charge is -2.05. The molecular weight excluding hydrogens is 321 g/mol. The first kappa shape index (κ1) is 14.6. The molecule has 0 bridgehead atoms. The number of halogens is 4. The van der Waals surface area contributed by atoms with Gasteiger partial charge >= 0.3 is 6.18 Å². The van der Waals surface area contributed by atoms with Crippen molar-refractivity contribution in [1.82, 2.24) is 24.1 Å². The minimum absolute atomic E-state index is 0.112. The molecule has 0 radical (unpaired) electrons. The third kappa shape index (κ3) is 3.30. The molecule has 0 atom stereocenters. The van der Waals surface area contributed by atoms with E-state index in [1.165, 1.54) is 0 Å². The molecule has 3 aromatic rings. The summed E-state index contributed by atoms with van der Waals surface area (Å²) in [6, 6.07) is 3.49. The first-order valence-corrected chi connectivity index (χ1v) is 6.60. The van der Waals surface area contributed by atoms with Crippen LogP contribution in [0.25, 0.3) is 5.65 Å². The zero-order chi connectivity index (χ0) is 15.7. The molecule has 10 heteroatoms. The Morgan fingerprint density at radius 1 is 1.23 bits per heavy atom. The van der Waals surface area contributed by atoms with E-state index < -0.39 is 12.7 Å². The molecule has 0 amide bonds. The SMILES string of the molecule is FC(F)(F)Cn1cnc(NCc2cnc3ccc(Cl)cn23)n1. The van der Waals surface area contributed by atoms with Crippen LogP contribution in [0.15, 0.2) is 30.9 Å². The number of pyridine rings is 1. The summed E-state index contributed by atoms with van der Waals surface area (Å²) in [4.78, 5) is 7.98. The maximum Gasteiger partial charge on any atom is 0.408 e. The van der Waals surface area contributed by atoms with Gasteiger partial charge in [-0.2, -0.15) is 13.2 Å². The molecule has 3 rings (SSSR count). The van der Waals surface area contributed by atoms with Crippen molar-refractivity contribution in [2.75, 3.05) is 5.32 Å². The molecule has 0 fully saturated rings. The summed E-state index contributed by atoms with van der Waals surface area (Å²) < 4.78 is 39.2. The molecule has 0 aromatic carbocycles. The summed E-state index contributed by atoms with van der Waals surface area (Å²) >= 11 is 5.93. The van der Waals surface area contributed by atoms with Crippen molar-refractivity contribution in [3.8, 4) is 0 Å². The molecule has 22 heavy (non-hydrogen) atoms. The van der Waals surface area contributed by atoms with Gasteiger partial charge in [-0.15, -0.1) is 5.10 Å². The van der Waals surface area contributed by atoms with Crippen LogP contribution in [0.1, 0.15) is 5.69 Å². The molecule has 116 valence electrons. The zero-order valence-corrected chi connectivity index (χ0v) is 11.8. The van der Waals surface area contributed by atoms with Crippen LogP contribution in [0.2, 0.25) is 5.02 Å². The average molecular weight is 331 g/mol. The largest absolute Gasteiger partial charge is 0.408 e. The van der Waals surface area contributed by atoms with Gasteiger partial charge in [0.15, 0.2) is 0 Å². The molecule has 0 aliphatic heterocycles. The topological polar surface area (TPSA) is 60.0 Å². The number of aromatic nitrogens is 5. The second-order valence-corrected chi connectivity index (χ2v) is 5.00.